The van der Waals surface area contributed by atoms with E-state index in [1.54, 1.807) is 13.0 Å². The smallest absolute Gasteiger partial charge is 0.271 e. The van der Waals surface area contributed by atoms with Crippen LogP contribution in [0.25, 0.3) is 0 Å². The van der Waals surface area contributed by atoms with Crippen LogP contribution in [-0.4, -0.2) is 16.7 Å². The van der Waals surface area contributed by atoms with Crippen LogP contribution in [0.5, 0.6) is 0 Å². The zero-order valence-electron chi connectivity index (χ0n) is 20.1. The monoisotopic (exact) mass is 503 g/mol. The Balaban J connectivity index is 1.49. The van der Waals surface area contributed by atoms with Crippen molar-refractivity contribution in [3.05, 3.63) is 94.0 Å². The highest BCUT2D eigenvalue weighted by atomic mass is 32.2. The Labute approximate surface area is 214 Å². The number of thioether (sulfide) groups is 1. The molecule has 1 fully saturated rings. The van der Waals surface area contributed by atoms with Crippen molar-refractivity contribution < 1.29 is 14.5 Å². The van der Waals surface area contributed by atoms with Gasteiger partial charge in [0, 0.05) is 28.6 Å². The van der Waals surface area contributed by atoms with Gasteiger partial charge in [-0.3, -0.25) is 19.7 Å². The minimum atomic E-state index is -0.576. The van der Waals surface area contributed by atoms with Crippen molar-refractivity contribution in [1.29, 1.82) is 0 Å². The van der Waals surface area contributed by atoms with Gasteiger partial charge in [-0.2, -0.15) is 0 Å². The molecule has 0 aliphatic heterocycles. The molecule has 7 nitrogen and oxygen atoms in total. The minimum Gasteiger partial charge on any atom is -0.326 e. The van der Waals surface area contributed by atoms with E-state index in [4.69, 9.17) is 0 Å². The van der Waals surface area contributed by atoms with E-state index >= 15 is 0 Å². The molecule has 1 atom stereocenters. The largest absolute Gasteiger partial charge is 0.326 e. The molecule has 0 aromatic heterocycles. The number of carbonyl (C=O) groups is 2. The van der Waals surface area contributed by atoms with Gasteiger partial charge in [-0.1, -0.05) is 55.7 Å². The molecular formula is C28H29N3O4S. The summed E-state index contributed by atoms with van der Waals surface area (Å²) in [6, 6.07) is 21.3. The van der Waals surface area contributed by atoms with Crippen molar-refractivity contribution in [3.63, 3.8) is 0 Å². The van der Waals surface area contributed by atoms with Crippen molar-refractivity contribution in [2.45, 2.75) is 49.2 Å². The first kappa shape index (κ1) is 25.4. The van der Waals surface area contributed by atoms with Crippen LogP contribution < -0.4 is 10.6 Å². The van der Waals surface area contributed by atoms with E-state index in [2.05, 4.69) is 10.6 Å². The lowest BCUT2D eigenvalue weighted by Crippen LogP contribution is -2.24. The summed E-state index contributed by atoms with van der Waals surface area (Å²) in [6.45, 7) is 1.80. The predicted molar refractivity (Wildman–Crippen MR) is 143 cm³/mol. The maximum Gasteiger partial charge on any atom is 0.271 e. The topological polar surface area (TPSA) is 101 Å². The molecule has 0 radical (unpaired) electrons. The highest BCUT2D eigenvalue weighted by Crippen LogP contribution is 2.37. The first-order valence-electron chi connectivity index (χ1n) is 12.1. The van der Waals surface area contributed by atoms with Crippen LogP contribution in [-0.2, 0) is 9.59 Å². The third-order valence-electron chi connectivity index (χ3n) is 6.38. The number of aryl methyl sites for hydroxylation is 1. The summed E-state index contributed by atoms with van der Waals surface area (Å²) in [5, 5.41) is 16.5. The molecule has 1 unspecified atom stereocenters. The Morgan fingerprint density at radius 2 is 1.64 bits per heavy atom. The van der Waals surface area contributed by atoms with E-state index in [-0.39, 0.29) is 23.4 Å². The van der Waals surface area contributed by atoms with Crippen LogP contribution >= 0.6 is 11.8 Å². The fraction of sp³-hybridized carbons (Fsp3) is 0.286. The molecule has 2 amide bonds. The van der Waals surface area contributed by atoms with Gasteiger partial charge in [0.25, 0.3) is 5.69 Å². The van der Waals surface area contributed by atoms with Gasteiger partial charge in [0.2, 0.25) is 11.8 Å². The van der Waals surface area contributed by atoms with E-state index in [1.807, 2.05) is 54.6 Å². The van der Waals surface area contributed by atoms with Gasteiger partial charge in [0.15, 0.2) is 0 Å². The summed E-state index contributed by atoms with van der Waals surface area (Å²) >= 11 is 1.38. The lowest BCUT2D eigenvalue weighted by atomic mass is 9.88. The Kier molecular flexibility index (Phi) is 8.38. The molecular weight excluding hydrogens is 474 g/mol. The Morgan fingerprint density at radius 1 is 0.944 bits per heavy atom. The zero-order valence-corrected chi connectivity index (χ0v) is 20.9. The minimum absolute atomic E-state index is 0.0731. The number of non-ortho nitro benzene ring substituents is 1. The fourth-order valence-corrected chi connectivity index (χ4v) is 5.34. The number of nitro benzene ring substituents is 1. The number of amides is 2. The number of nitro groups is 1. The normalized spacial score (nSPS) is 14.6. The van der Waals surface area contributed by atoms with Crippen molar-refractivity contribution in [3.8, 4) is 0 Å². The maximum atomic E-state index is 13.4. The Bertz CT molecular complexity index is 1230. The van der Waals surface area contributed by atoms with E-state index < -0.39 is 10.2 Å². The van der Waals surface area contributed by atoms with Crippen molar-refractivity contribution in [1.82, 2.24) is 0 Å². The molecule has 1 aliphatic rings. The predicted octanol–water partition coefficient (Wildman–Crippen LogP) is 6.89. The third-order valence-corrected chi connectivity index (χ3v) is 7.65. The van der Waals surface area contributed by atoms with Crippen LogP contribution in [0.4, 0.5) is 17.1 Å². The lowest BCUT2D eigenvalue weighted by molar-refractivity contribution is -0.384. The molecule has 1 aliphatic carbocycles. The van der Waals surface area contributed by atoms with Crippen LogP contribution in [0.1, 0.15) is 48.5 Å². The van der Waals surface area contributed by atoms with Crippen LogP contribution in [0.2, 0.25) is 0 Å². The Hall–Kier alpha value is -3.65. The van der Waals surface area contributed by atoms with Crippen LogP contribution in [0, 0.1) is 23.0 Å². The molecule has 3 aromatic rings. The standard InChI is InChI=1S/C28H29N3O4S/c1-19-12-15-23(31(34)35)18-25(19)30-28(33)26(20-8-4-2-5-9-20)36-24-16-13-22(14-17-24)29-27(32)21-10-6-3-7-11-21/h2,4-5,8-9,12-18,21,26H,3,6-7,10-11H2,1H3,(H,29,32)(H,30,33). The van der Waals surface area contributed by atoms with Gasteiger partial charge in [0.1, 0.15) is 5.25 Å². The number of hydrogen-bond acceptors (Lipinski definition) is 5. The number of nitrogens with one attached hydrogen (secondary N) is 2. The van der Waals surface area contributed by atoms with Crippen molar-refractivity contribution in [2.75, 3.05) is 10.6 Å². The first-order chi connectivity index (χ1) is 17.4. The highest BCUT2D eigenvalue weighted by Gasteiger charge is 2.24. The van der Waals surface area contributed by atoms with Gasteiger partial charge in [-0.05, 0) is 55.2 Å². The van der Waals surface area contributed by atoms with E-state index in [0.717, 1.165) is 47.4 Å². The molecule has 3 aromatic carbocycles. The average Bonchev–Trinajstić information content (AvgIpc) is 2.90. The quantitative estimate of drug-likeness (QED) is 0.198. The van der Waals surface area contributed by atoms with Gasteiger partial charge in [-0.25, -0.2) is 0 Å². The molecule has 8 heteroatoms. The molecule has 4 rings (SSSR count). The molecule has 0 spiro atoms. The number of anilines is 2. The summed E-state index contributed by atoms with van der Waals surface area (Å²) in [7, 11) is 0. The van der Waals surface area contributed by atoms with E-state index in [0.29, 0.717) is 5.69 Å². The summed E-state index contributed by atoms with van der Waals surface area (Å²) < 4.78 is 0. The number of nitrogens with zero attached hydrogens (tertiary/aromatic N) is 1. The molecule has 1 saturated carbocycles. The summed E-state index contributed by atoms with van der Waals surface area (Å²) in [5.41, 5.74) is 2.63. The lowest BCUT2D eigenvalue weighted by Gasteiger charge is -2.21. The second kappa shape index (κ2) is 11.9. The maximum absolute atomic E-state index is 13.4. The molecule has 0 heterocycles. The first-order valence-corrected chi connectivity index (χ1v) is 13.0. The number of rotatable bonds is 8. The molecule has 186 valence electrons. The van der Waals surface area contributed by atoms with Gasteiger partial charge >= 0.3 is 0 Å². The summed E-state index contributed by atoms with van der Waals surface area (Å²) in [4.78, 5) is 37.5. The molecule has 0 bridgehead atoms. The van der Waals surface area contributed by atoms with E-state index in [9.17, 15) is 19.7 Å². The zero-order chi connectivity index (χ0) is 25.5. The van der Waals surface area contributed by atoms with Gasteiger partial charge < -0.3 is 10.6 Å². The number of benzene rings is 3. The molecule has 0 saturated heterocycles. The van der Waals surface area contributed by atoms with Crippen molar-refractivity contribution in [2.24, 2.45) is 5.92 Å². The number of carbonyl (C=O) groups excluding carboxylic acids is 2. The van der Waals surface area contributed by atoms with Crippen molar-refractivity contribution >= 4 is 40.6 Å². The molecule has 36 heavy (non-hydrogen) atoms. The summed E-state index contributed by atoms with van der Waals surface area (Å²) in [5.74, 6) is -0.121. The van der Waals surface area contributed by atoms with Crippen LogP contribution in [0.15, 0.2) is 77.7 Å². The SMILES string of the molecule is Cc1ccc([N+](=O)[O-])cc1NC(=O)C(Sc1ccc(NC(=O)C2CCCCC2)cc1)c1ccccc1. The Morgan fingerprint density at radius 3 is 2.31 bits per heavy atom. The second-order valence-corrected chi connectivity index (χ2v) is 10.2. The van der Waals surface area contributed by atoms with E-state index in [1.165, 1.54) is 30.3 Å². The highest BCUT2D eigenvalue weighted by molar-refractivity contribution is 8.00. The molecule has 2 N–H and O–H groups in total. The average molecular weight is 504 g/mol. The number of hydrogen-bond donors (Lipinski definition) is 2. The second-order valence-electron chi connectivity index (χ2n) is 9.00. The van der Waals surface area contributed by atoms with Crippen LogP contribution in [0.3, 0.4) is 0 Å². The third kappa shape index (κ3) is 6.51. The summed E-state index contributed by atoms with van der Waals surface area (Å²) in [6.07, 6.45) is 5.29. The fourth-order valence-electron chi connectivity index (χ4n) is 4.32. The van der Waals surface area contributed by atoms with Gasteiger partial charge in [0.05, 0.1) is 10.6 Å². The van der Waals surface area contributed by atoms with Gasteiger partial charge in [-0.15, -0.1) is 11.8 Å².